The van der Waals surface area contributed by atoms with Crippen LogP contribution >= 0.6 is 0 Å². The predicted molar refractivity (Wildman–Crippen MR) is 46.8 cm³/mol. The van der Waals surface area contributed by atoms with Gasteiger partial charge in [0.2, 0.25) is 5.95 Å². The molecule has 0 aliphatic carbocycles. The van der Waals surface area contributed by atoms with Gasteiger partial charge in [-0.1, -0.05) is 0 Å². The summed E-state index contributed by atoms with van der Waals surface area (Å²) in [6.07, 6.45) is 3.01. The first-order valence-electron chi connectivity index (χ1n) is 4.17. The van der Waals surface area contributed by atoms with Gasteiger partial charge in [-0.15, -0.1) is 0 Å². The van der Waals surface area contributed by atoms with Crippen molar-refractivity contribution in [1.82, 2.24) is 9.97 Å². The summed E-state index contributed by atoms with van der Waals surface area (Å²) in [7, 11) is 0. The highest BCUT2D eigenvalue weighted by atomic mass is 15.3. The summed E-state index contributed by atoms with van der Waals surface area (Å²) in [4.78, 5) is 10.6. The Labute approximate surface area is 71.4 Å². The maximum absolute atomic E-state index is 5.47. The van der Waals surface area contributed by atoms with Gasteiger partial charge in [-0.2, -0.15) is 0 Å². The standard InChI is InChI=1S/C8H12N4/c9-6-7-2-3-10-8(11-7)12-4-1-5-12/h2-3H,1,4-6,9H2. The fourth-order valence-corrected chi connectivity index (χ4v) is 1.17. The van der Waals surface area contributed by atoms with Crippen LogP contribution in [0.3, 0.4) is 0 Å². The zero-order valence-electron chi connectivity index (χ0n) is 6.90. The molecule has 4 heteroatoms. The van der Waals surface area contributed by atoms with Gasteiger partial charge in [-0.05, 0) is 12.5 Å². The molecule has 0 unspecified atom stereocenters. The quantitative estimate of drug-likeness (QED) is 0.675. The molecular formula is C8H12N4. The molecule has 1 aromatic heterocycles. The number of anilines is 1. The van der Waals surface area contributed by atoms with E-state index in [2.05, 4.69) is 14.9 Å². The molecule has 2 rings (SSSR count). The van der Waals surface area contributed by atoms with E-state index in [1.165, 1.54) is 6.42 Å². The van der Waals surface area contributed by atoms with Crippen LogP contribution in [0.2, 0.25) is 0 Å². The van der Waals surface area contributed by atoms with Gasteiger partial charge < -0.3 is 10.6 Å². The van der Waals surface area contributed by atoms with Crippen LogP contribution in [0.15, 0.2) is 12.3 Å². The highest BCUT2D eigenvalue weighted by molar-refractivity contribution is 5.32. The Kier molecular flexibility index (Phi) is 1.91. The third kappa shape index (κ3) is 1.25. The van der Waals surface area contributed by atoms with Gasteiger partial charge in [-0.3, -0.25) is 0 Å². The van der Waals surface area contributed by atoms with E-state index in [0.29, 0.717) is 6.54 Å². The van der Waals surface area contributed by atoms with Crippen LogP contribution in [-0.2, 0) is 6.54 Å². The van der Waals surface area contributed by atoms with Crippen molar-refractivity contribution < 1.29 is 0 Å². The third-order valence-electron chi connectivity index (χ3n) is 2.05. The molecule has 1 fully saturated rings. The van der Waals surface area contributed by atoms with E-state index in [4.69, 9.17) is 5.73 Å². The second-order valence-corrected chi connectivity index (χ2v) is 2.89. The van der Waals surface area contributed by atoms with E-state index in [9.17, 15) is 0 Å². The Morgan fingerprint density at radius 3 is 2.92 bits per heavy atom. The van der Waals surface area contributed by atoms with E-state index in [0.717, 1.165) is 24.7 Å². The minimum absolute atomic E-state index is 0.489. The lowest BCUT2D eigenvalue weighted by atomic mass is 10.2. The SMILES string of the molecule is NCc1ccnc(N2CCC2)n1. The molecule has 0 atom stereocenters. The molecule has 2 heterocycles. The topological polar surface area (TPSA) is 55.0 Å². The maximum atomic E-state index is 5.47. The van der Waals surface area contributed by atoms with Crippen LogP contribution in [0.25, 0.3) is 0 Å². The van der Waals surface area contributed by atoms with E-state index in [1.807, 2.05) is 6.07 Å². The zero-order chi connectivity index (χ0) is 8.39. The molecule has 0 radical (unpaired) electrons. The van der Waals surface area contributed by atoms with Crippen LogP contribution in [0.5, 0.6) is 0 Å². The molecule has 2 N–H and O–H groups in total. The predicted octanol–water partition coefficient (Wildman–Crippen LogP) is 0.145. The Morgan fingerprint density at radius 2 is 2.33 bits per heavy atom. The Balaban J connectivity index is 2.19. The molecule has 1 aromatic rings. The highest BCUT2D eigenvalue weighted by Crippen LogP contribution is 2.14. The number of rotatable bonds is 2. The first-order valence-corrected chi connectivity index (χ1v) is 4.17. The van der Waals surface area contributed by atoms with Gasteiger partial charge >= 0.3 is 0 Å². The lowest BCUT2D eigenvalue weighted by molar-refractivity contribution is 0.598. The molecule has 1 aliphatic heterocycles. The van der Waals surface area contributed by atoms with E-state index >= 15 is 0 Å². The summed E-state index contributed by atoms with van der Waals surface area (Å²) in [5.74, 6) is 0.823. The zero-order valence-corrected chi connectivity index (χ0v) is 6.90. The van der Waals surface area contributed by atoms with Gasteiger partial charge in [0.1, 0.15) is 0 Å². The van der Waals surface area contributed by atoms with Crippen LogP contribution < -0.4 is 10.6 Å². The molecule has 4 nitrogen and oxygen atoms in total. The average Bonchev–Trinajstić information content (AvgIpc) is 2.02. The van der Waals surface area contributed by atoms with Crippen molar-refractivity contribution in [3.63, 3.8) is 0 Å². The Morgan fingerprint density at radius 1 is 1.50 bits per heavy atom. The van der Waals surface area contributed by atoms with Gasteiger partial charge in [-0.25, -0.2) is 9.97 Å². The normalized spacial score (nSPS) is 15.9. The number of hydrogen-bond acceptors (Lipinski definition) is 4. The molecule has 0 aromatic carbocycles. The van der Waals surface area contributed by atoms with Gasteiger partial charge in [0, 0.05) is 25.8 Å². The van der Waals surface area contributed by atoms with E-state index in [-0.39, 0.29) is 0 Å². The number of nitrogens with two attached hydrogens (primary N) is 1. The number of hydrogen-bond donors (Lipinski definition) is 1. The lowest BCUT2D eigenvalue weighted by Crippen LogP contribution is -2.38. The van der Waals surface area contributed by atoms with Gasteiger partial charge in [0.25, 0.3) is 0 Å². The third-order valence-corrected chi connectivity index (χ3v) is 2.05. The largest absolute Gasteiger partial charge is 0.341 e. The number of nitrogens with zero attached hydrogens (tertiary/aromatic N) is 3. The molecule has 0 bridgehead atoms. The summed E-state index contributed by atoms with van der Waals surface area (Å²) in [5.41, 5.74) is 6.38. The van der Waals surface area contributed by atoms with Crippen molar-refractivity contribution in [3.05, 3.63) is 18.0 Å². The van der Waals surface area contributed by atoms with Crippen LogP contribution in [0.4, 0.5) is 5.95 Å². The first kappa shape index (κ1) is 7.49. The molecule has 12 heavy (non-hydrogen) atoms. The Hall–Kier alpha value is -1.16. The molecular weight excluding hydrogens is 152 g/mol. The molecule has 0 spiro atoms. The highest BCUT2D eigenvalue weighted by Gasteiger charge is 2.16. The molecule has 0 amide bonds. The summed E-state index contributed by atoms with van der Waals surface area (Å²) >= 11 is 0. The average molecular weight is 164 g/mol. The minimum atomic E-state index is 0.489. The van der Waals surface area contributed by atoms with E-state index < -0.39 is 0 Å². The van der Waals surface area contributed by atoms with Gasteiger partial charge in [0.05, 0.1) is 5.69 Å². The molecule has 0 saturated carbocycles. The second kappa shape index (κ2) is 3.06. The number of aromatic nitrogens is 2. The second-order valence-electron chi connectivity index (χ2n) is 2.89. The first-order chi connectivity index (χ1) is 5.90. The fourth-order valence-electron chi connectivity index (χ4n) is 1.17. The van der Waals surface area contributed by atoms with Crippen molar-refractivity contribution in [3.8, 4) is 0 Å². The molecule has 1 saturated heterocycles. The van der Waals surface area contributed by atoms with Gasteiger partial charge in [0.15, 0.2) is 0 Å². The van der Waals surface area contributed by atoms with Crippen molar-refractivity contribution in [1.29, 1.82) is 0 Å². The summed E-state index contributed by atoms with van der Waals surface area (Å²) < 4.78 is 0. The summed E-state index contributed by atoms with van der Waals surface area (Å²) in [6, 6.07) is 1.85. The molecule has 64 valence electrons. The van der Waals surface area contributed by atoms with Crippen LogP contribution in [0.1, 0.15) is 12.1 Å². The van der Waals surface area contributed by atoms with Crippen LogP contribution in [0, 0.1) is 0 Å². The van der Waals surface area contributed by atoms with Crippen molar-refractivity contribution in [2.75, 3.05) is 18.0 Å². The lowest BCUT2D eigenvalue weighted by Gasteiger charge is -2.30. The van der Waals surface area contributed by atoms with E-state index in [1.54, 1.807) is 6.20 Å². The Bertz CT molecular complexity index is 270. The smallest absolute Gasteiger partial charge is 0.225 e. The maximum Gasteiger partial charge on any atom is 0.225 e. The molecule has 1 aliphatic rings. The summed E-state index contributed by atoms with van der Waals surface area (Å²) in [5, 5.41) is 0. The van der Waals surface area contributed by atoms with Crippen molar-refractivity contribution in [2.45, 2.75) is 13.0 Å². The summed E-state index contributed by atoms with van der Waals surface area (Å²) in [6.45, 7) is 2.64. The van der Waals surface area contributed by atoms with Crippen molar-refractivity contribution in [2.24, 2.45) is 5.73 Å². The monoisotopic (exact) mass is 164 g/mol. The minimum Gasteiger partial charge on any atom is -0.341 e. The fraction of sp³-hybridized carbons (Fsp3) is 0.500. The van der Waals surface area contributed by atoms with Crippen molar-refractivity contribution >= 4 is 5.95 Å². The van der Waals surface area contributed by atoms with Crippen LogP contribution in [-0.4, -0.2) is 23.1 Å².